The number of benzene rings is 4. The van der Waals surface area contributed by atoms with Crippen LogP contribution in [0.2, 0.25) is 0 Å². The molecule has 306 valence electrons. The summed E-state index contributed by atoms with van der Waals surface area (Å²) in [6.45, 7) is 8.39. The van der Waals surface area contributed by atoms with Crippen LogP contribution < -0.4 is 4.90 Å². The van der Waals surface area contributed by atoms with Crippen molar-refractivity contribution in [3.8, 4) is 0 Å². The fourth-order valence-electron chi connectivity index (χ4n) is 8.71. The van der Waals surface area contributed by atoms with Crippen LogP contribution in [-0.2, 0) is 30.0 Å². The van der Waals surface area contributed by atoms with Gasteiger partial charge in [0.2, 0.25) is 5.69 Å². The molecule has 12 heteroatoms. The zero-order valence-corrected chi connectivity index (χ0v) is 33.8. The number of rotatable bonds is 18. The van der Waals surface area contributed by atoms with Gasteiger partial charge in [0.25, 0.3) is 0 Å². The summed E-state index contributed by atoms with van der Waals surface area (Å²) in [5, 5.41) is 42.3. The lowest BCUT2D eigenvalue weighted by atomic mass is 9.79. The number of hydrogen-bond donors (Lipinski definition) is 4. The van der Waals surface area contributed by atoms with Crippen molar-refractivity contribution in [2.45, 2.75) is 38.5 Å². The molecule has 0 amide bonds. The van der Waals surface area contributed by atoms with E-state index in [0.717, 1.165) is 55.5 Å². The molecule has 4 N–H and O–H groups in total. The number of carboxylic acids is 4. The zero-order chi connectivity index (χ0) is 42.5. The van der Waals surface area contributed by atoms with Crippen LogP contribution in [0, 0.1) is 0 Å². The van der Waals surface area contributed by atoms with E-state index in [1.54, 1.807) is 0 Å². The molecule has 2 aliphatic heterocycles. The Morgan fingerprint density at radius 1 is 0.610 bits per heavy atom. The van der Waals surface area contributed by atoms with Gasteiger partial charge >= 0.3 is 23.9 Å². The van der Waals surface area contributed by atoms with E-state index in [1.807, 2.05) is 54.6 Å². The quantitative estimate of drug-likeness (QED) is 0.0629. The lowest BCUT2D eigenvalue weighted by molar-refractivity contribution is -0.438. The van der Waals surface area contributed by atoms with Gasteiger partial charge in [-0.25, -0.2) is 0 Å². The van der Waals surface area contributed by atoms with Crippen LogP contribution in [0.1, 0.15) is 38.8 Å². The van der Waals surface area contributed by atoms with Crippen LogP contribution >= 0.6 is 0 Å². The van der Waals surface area contributed by atoms with Crippen molar-refractivity contribution in [1.82, 2.24) is 9.80 Å². The Morgan fingerprint density at radius 2 is 1.12 bits per heavy atom. The third-order valence-electron chi connectivity index (χ3n) is 11.2. The molecule has 59 heavy (non-hydrogen) atoms. The number of allylic oxidation sites excluding steroid dienone is 8. The molecular weight excluding hydrogens is 749 g/mol. The lowest BCUT2D eigenvalue weighted by Gasteiger charge is -2.29. The summed E-state index contributed by atoms with van der Waals surface area (Å²) < 4.78 is 2.16. The molecule has 4 aromatic rings. The Hall–Kier alpha value is -6.37. The molecule has 0 fully saturated rings. The first-order chi connectivity index (χ1) is 28.1. The second-order valence-electron chi connectivity index (χ2n) is 16.0. The average Bonchev–Trinajstić information content (AvgIpc) is 3.52. The van der Waals surface area contributed by atoms with E-state index < -0.39 is 34.7 Å². The van der Waals surface area contributed by atoms with E-state index >= 15 is 0 Å². The maximum Gasteiger partial charge on any atom is 0.317 e. The summed E-state index contributed by atoms with van der Waals surface area (Å²) in [5.74, 6) is -4.34. The molecule has 0 saturated carbocycles. The van der Waals surface area contributed by atoms with Gasteiger partial charge in [0.1, 0.15) is 0 Å². The number of carboxylic acid groups (broad SMARTS) is 4. The van der Waals surface area contributed by atoms with Gasteiger partial charge in [-0.2, -0.15) is 4.58 Å². The summed E-state index contributed by atoms with van der Waals surface area (Å²) >= 11 is 0. The van der Waals surface area contributed by atoms with Gasteiger partial charge in [-0.05, 0) is 59.2 Å². The third kappa shape index (κ3) is 9.19. The van der Waals surface area contributed by atoms with E-state index in [9.17, 15) is 39.6 Å². The van der Waals surface area contributed by atoms with Gasteiger partial charge in [-0.1, -0.05) is 98.8 Å². The van der Waals surface area contributed by atoms with Crippen molar-refractivity contribution in [3.05, 3.63) is 132 Å². The average molecular weight is 800 g/mol. The smallest absolute Gasteiger partial charge is 0.317 e. The summed E-state index contributed by atoms with van der Waals surface area (Å²) in [6, 6.07) is 24.7. The van der Waals surface area contributed by atoms with Crippen molar-refractivity contribution in [2.24, 2.45) is 0 Å². The maximum absolute atomic E-state index is 11.6. The van der Waals surface area contributed by atoms with Crippen LogP contribution in [0.4, 0.5) is 11.4 Å². The van der Waals surface area contributed by atoms with Gasteiger partial charge in [0.15, 0.2) is 12.3 Å². The highest BCUT2D eigenvalue weighted by molar-refractivity contribution is 6.07. The Morgan fingerprint density at radius 3 is 1.71 bits per heavy atom. The molecular formula is C47H51N4O8+. The molecule has 0 bridgehead atoms. The Kier molecular flexibility index (Phi) is 12.6. The maximum atomic E-state index is 11.6. The Bertz CT molecular complexity index is 2430. The van der Waals surface area contributed by atoms with E-state index in [4.69, 9.17) is 0 Å². The minimum Gasteiger partial charge on any atom is -0.480 e. The SMILES string of the molecule is CC1(C)C(/C=C/C=C/C=C/C=C2\N(CCN(CC(=O)O)CC(=O)O)c3ccc4ccccc4c3C2(C)C)=[N+](CCN(CC(=O)O)CC(=O)O)c2ccc3ccccc3c21. The van der Waals surface area contributed by atoms with Crippen molar-refractivity contribution < 1.29 is 44.2 Å². The number of anilines is 1. The highest BCUT2D eigenvalue weighted by atomic mass is 16.4. The normalized spacial score (nSPS) is 16.5. The molecule has 4 aromatic carbocycles. The third-order valence-corrected chi connectivity index (χ3v) is 11.2. The molecule has 0 spiro atoms. The number of fused-ring (bicyclic) bond motifs is 6. The van der Waals surface area contributed by atoms with Crippen LogP contribution in [0.15, 0.2) is 121 Å². The minimum atomic E-state index is -1.09. The molecule has 12 nitrogen and oxygen atoms in total. The number of aliphatic carboxylic acids is 4. The molecule has 0 radical (unpaired) electrons. The van der Waals surface area contributed by atoms with E-state index in [1.165, 1.54) is 9.80 Å². The fourth-order valence-corrected chi connectivity index (χ4v) is 8.71. The van der Waals surface area contributed by atoms with Gasteiger partial charge in [-0.15, -0.1) is 0 Å². The zero-order valence-electron chi connectivity index (χ0n) is 33.8. The van der Waals surface area contributed by atoms with E-state index in [-0.39, 0.29) is 39.3 Å². The summed E-state index contributed by atoms with van der Waals surface area (Å²) in [5.41, 5.74) is 5.46. The number of hydrogen-bond acceptors (Lipinski definition) is 7. The van der Waals surface area contributed by atoms with Crippen molar-refractivity contribution in [2.75, 3.05) is 57.3 Å². The fraction of sp³-hybridized carbons (Fsp3) is 0.298. The van der Waals surface area contributed by atoms with Gasteiger partial charge in [0, 0.05) is 47.6 Å². The highest BCUT2D eigenvalue weighted by Gasteiger charge is 2.45. The first-order valence-electron chi connectivity index (χ1n) is 19.6. The lowest BCUT2D eigenvalue weighted by Crippen LogP contribution is -2.40. The molecule has 2 aliphatic rings. The van der Waals surface area contributed by atoms with Crippen molar-refractivity contribution in [3.63, 3.8) is 0 Å². The molecule has 0 unspecified atom stereocenters. The first-order valence-corrected chi connectivity index (χ1v) is 19.6. The van der Waals surface area contributed by atoms with Gasteiger partial charge < -0.3 is 25.3 Å². The predicted octanol–water partition coefficient (Wildman–Crippen LogP) is 6.66. The standard InChI is InChI=1S/C47H50N4O8/c1-46(2)38(50(26-24-48(28-40(52)53)29-41(54)55)36-22-20-32-14-10-12-16-34(32)44(36)46)18-8-6-5-7-9-19-39-47(3,4)45-35-17-13-11-15-33(35)21-23-37(45)51(39)27-25-49(30-42(56)57)31-43(58)59/h5-23H,24-31H2,1-4H3,(H3-,52,53,54,55,56,57,58,59)/p+1. The monoisotopic (exact) mass is 799 g/mol. The minimum absolute atomic E-state index is 0.232. The molecule has 0 aliphatic carbocycles. The number of carbonyl (C=O) groups is 4. The second-order valence-corrected chi connectivity index (χ2v) is 16.0. The predicted molar refractivity (Wildman–Crippen MR) is 230 cm³/mol. The van der Waals surface area contributed by atoms with Gasteiger partial charge in [-0.3, -0.25) is 29.0 Å². The molecule has 0 atom stereocenters. The summed E-state index contributed by atoms with van der Waals surface area (Å²) in [4.78, 5) is 51.3. The van der Waals surface area contributed by atoms with E-state index in [0.29, 0.717) is 13.1 Å². The highest BCUT2D eigenvalue weighted by Crippen LogP contribution is 2.50. The van der Waals surface area contributed by atoms with E-state index in [2.05, 4.69) is 97.9 Å². The van der Waals surface area contributed by atoms with Crippen LogP contribution in [0.25, 0.3) is 21.5 Å². The Labute approximate surface area is 343 Å². The summed E-state index contributed by atoms with van der Waals surface area (Å²) in [7, 11) is 0. The topological polar surface area (TPSA) is 162 Å². The largest absolute Gasteiger partial charge is 0.480 e. The second kappa shape index (κ2) is 17.6. The molecule has 6 rings (SSSR count). The van der Waals surface area contributed by atoms with Crippen LogP contribution in [0.3, 0.4) is 0 Å². The van der Waals surface area contributed by atoms with Crippen LogP contribution in [-0.4, -0.2) is 117 Å². The van der Waals surface area contributed by atoms with Crippen molar-refractivity contribution in [1.29, 1.82) is 0 Å². The number of nitrogens with zero attached hydrogens (tertiary/aromatic N) is 4. The van der Waals surface area contributed by atoms with Crippen molar-refractivity contribution >= 4 is 62.5 Å². The Balaban J connectivity index is 1.29. The molecule has 2 heterocycles. The first kappa shape index (κ1) is 42.2. The van der Waals surface area contributed by atoms with Crippen LogP contribution in [0.5, 0.6) is 0 Å². The molecule has 0 aromatic heterocycles. The van der Waals surface area contributed by atoms with Gasteiger partial charge in [0.05, 0.1) is 38.1 Å². The molecule has 0 saturated heterocycles. The summed E-state index contributed by atoms with van der Waals surface area (Å²) in [6.07, 6.45) is 13.9.